The Kier molecular flexibility index (Phi) is 4.36. The molecule has 0 fully saturated rings. The number of aryl methyl sites for hydroxylation is 2. The van der Waals surface area contributed by atoms with Gasteiger partial charge >= 0.3 is 0 Å². The van der Waals surface area contributed by atoms with Crippen LogP contribution in [0.2, 0.25) is 0 Å². The van der Waals surface area contributed by atoms with Crippen LogP contribution in [0.1, 0.15) is 11.1 Å². The van der Waals surface area contributed by atoms with Gasteiger partial charge in [0.15, 0.2) is 5.11 Å². The van der Waals surface area contributed by atoms with E-state index in [-0.39, 0.29) is 0 Å². The fourth-order valence-electron chi connectivity index (χ4n) is 3.18. The van der Waals surface area contributed by atoms with E-state index in [1.165, 1.54) is 11.1 Å². The molecule has 0 radical (unpaired) electrons. The van der Waals surface area contributed by atoms with Crippen LogP contribution in [-0.2, 0) is 12.8 Å². The molecule has 3 nitrogen and oxygen atoms in total. The van der Waals surface area contributed by atoms with E-state index < -0.39 is 0 Å². The summed E-state index contributed by atoms with van der Waals surface area (Å²) in [6, 6.07) is 26.9. The fourth-order valence-corrected chi connectivity index (χ4v) is 3.39. The minimum atomic E-state index is 0.567. The smallest absolute Gasteiger partial charge is 0.190 e. The van der Waals surface area contributed by atoms with Crippen LogP contribution in [0, 0.1) is 0 Å². The fraction of sp³-hybridized carbons (Fsp3) is 0.0952. The van der Waals surface area contributed by atoms with Crippen LogP contribution in [0.4, 0.5) is 17.1 Å². The second-order valence-electron chi connectivity index (χ2n) is 6.02. The highest BCUT2D eigenvalue weighted by molar-refractivity contribution is 7.80. The van der Waals surface area contributed by atoms with Crippen LogP contribution < -0.4 is 15.8 Å². The first-order chi connectivity index (χ1) is 12.3. The molecule has 1 aliphatic heterocycles. The lowest BCUT2D eigenvalue weighted by Crippen LogP contribution is -2.41. The van der Waals surface area contributed by atoms with Gasteiger partial charge in [-0.2, -0.15) is 0 Å². The van der Waals surface area contributed by atoms with E-state index >= 15 is 0 Å². The molecule has 4 rings (SSSR count). The molecular formula is C21H19N3S. The van der Waals surface area contributed by atoms with Crippen LogP contribution in [0.25, 0.3) is 0 Å². The average molecular weight is 345 g/mol. The van der Waals surface area contributed by atoms with Crippen molar-refractivity contribution in [1.29, 1.82) is 0 Å². The van der Waals surface area contributed by atoms with E-state index in [1.807, 2.05) is 30.3 Å². The van der Waals surface area contributed by atoms with Gasteiger partial charge in [0.2, 0.25) is 0 Å². The Bertz CT molecular complexity index is 845. The number of thiocarbonyl (C=S) groups is 1. The first-order valence-corrected chi connectivity index (χ1v) is 8.81. The molecule has 0 unspecified atom stereocenters. The minimum absolute atomic E-state index is 0.567. The van der Waals surface area contributed by atoms with Crippen molar-refractivity contribution in [3.63, 3.8) is 0 Å². The van der Waals surface area contributed by atoms with Gasteiger partial charge in [-0.1, -0.05) is 54.6 Å². The Morgan fingerprint density at radius 1 is 0.720 bits per heavy atom. The third-order valence-electron chi connectivity index (χ3n) is 4.37. The summed E-state index contributed by atoms with van der Waals surface area (Å²) < 4.78 is 0. The monoisotopic (exact) mass is 345 g/mol. The average Bonchev–Trinajstić information content (AvgIpc) is 2.80. The molecule has 3 aromatic carbocycles. The molecule has 0 aromatic heterocycles. The summed E-state index contributed by atoms with van der Waals surface area (Å²) in [5.74, 6) is 0. The molecule has 0 amide bonds. The molecule has 0 atom stereocenters. The van der Waals surface area contributed by atoms with Gasteiger partial charge in [0, 0.05) is 5.69 Å². The number of nitrogens with one attached hydrogen (secondary N) is 2. The van der Waals surface area contributed by atoms with Crippen LogP contribution >= 0.6 is 12.2 Å². The summed E-state index contributed by atoms with van der Waals surface area (Å²) in [5.41, 5.74) is 9.26. The van der Waals surface area contributed by atoms with Crippen molar-refractivity contribution in [2.24, 2.45) is 0 Å². The molecule has 0 bridgehead atoms. The lowest BCUT2D eigenvalue weighted by Gasteiger charge is -2.28. The number of fused-ring (bicyclic) bond motifs is 2. The van der Waals surface area contributed by atoms with Crippen molar-refractivity contribution < 1.29 is 0 Å². The van der Waals surface area contributed by atoms with Crippen molar-refractivity contribution in [1.82, 2.24) is 5.43 Å². The Balaban J connectivity index is 1.67. The molecule has 1 aliphatic rings. The lowest BCUT2D eigenvalue weighted by molar-refractivity contribution is 0.938. The summed E-state index contributed by atoms with van der Waals surface area (Å²) in [5, 5.41) is 5.91. The second-order valence-corrected chi connectivity index (χ2v) is 6.43. The molecular weight excluding hydrogens is 326 g/mol. The quantitative estimate of drug-likeness (QED) is 0.651. The van der Waals surface area contributed by atoms with Gasteiger partial charge in [-0.25, -0.2) is 0 Å². The molecule has 0 saturated carbocycles. The number of para-hydroxylation sites is 3. The lowest BCUT2D eigenvalue weighted by atomic mass is 10.0. The van der Waals surface area contributed by atoms with Gasteiger partial charge in [0.1, 0.15) is 0 Å². The SMILES string of the molecule is S=C(Nc1ccccc1)NN1c2ccccc2CCc2ccccc21. The van der Waals surface area contributed by atoms with Gasteiger partial charge < -0.3 is 5.32 Å². The Morgan fingerprint density at radius 2 is 1.24 bits per heavy atom. The van der Waals surface area contributed by atoms with Gasteiger partial charge in [-0.3, -0.25) is 10.4 Å². The van der Waals surface area contributed by atoms with Gasteiger partial charge in [-0.15, -0.1) is 0 Å². The number of anilines is 3. The number of hydrogen-bond donors (Lipinski definition) is 2. The maximum absolute atomic E-state index is 5.56. The second kappa shape index (κ2) is 6.95. The summed E-state index contributed by atoms with van der Waals surface area (Å²) in [6.45, 7) is 0. The first kappa shape index (κ1) is 15.7. The molecule has 124 valence electrons. The largest absolute Gasteiger partial charge is 0.331 e. The Labute approximate surface area is 153 Å². The molecule has 2 N–H and O–H groups in total. The number of benzene rings is 3. The number of nitrogens with zero attached hydrogens (tertiary/aromatic N) is 1. The molecule has 0 saturated heterocycles. The zero-order valence-electron chi connectivity index (χ0n) is 13.8. The van der Waals surface area contributed by atoms with E-state index in [2.05, 4.69) is 64.3 Å². The number of rotatable bonds is 2. The summed E-state index contributed by atoms with van der Waals surface area (Å²) in [6.07, 6.45) is 2.04. The highest BCUT2D eigenvalue weighted by Crippen LogP contribution is 2.34. The van der Waals surface area contributed by atoms with Gasteiger partial charge in [-0.05, 0) is 60.5 Å². The van der Waals surface area contributed by atoms with Crippen molar-refractivity contribution >= 4 is 34.4 Å². The Morgan fingerprint density at radius 3 is 1.84 bits per heavy atom. The van der Waals surface area contributed by atoms with Crippen molar-refractivity contribution in [3.8, 4) is 0 Å². The van der Waals surface area contributed by atoms with Crippen molar-refractivity contribution in [3.05, 3.63) is 90.0 Å². The highest BCUT2D eigenvalue weighted by Gasteiger charge is 2.20. The van der Waals surface area contributed by atoms with Crippen molar-refractivity contribution in [2.75, 3.05) is 10.3 Å². The van der Waals surface area contributed by atoms with Crippen molar-refractivity contribution in [2.45, 2.75) is 12.8 Å². The van der Waals surface area contributed by atoms with E-state index in [0.29, 0.717) is 5.11 Å². The minimum Gasteiger partial charge on any atom is -0.331 e. The Hall–Kier alpha value is -2.85. The zero-order chi connectivity index (χ0) is 17.1. The predicted molar refractivity (Wildman–Crippen MR) is 108 cm³/mol. The third kappa shape index (κ3) is 3.35. The first-order valence-electron chi connectivity index (χ1n) is 8.40. The summed E-state index contributed by atoms with van der Waals surface area (Å²) in [4.78, 5) is 0. The molecule has 0 aliphatic carbocycles. The maximum Gasteiger partial charge on any atom is 0.190 e. The normalized spacial score (nSPS) is 12.6. The molecule has 4 heteroatoms. The molecule has 3 aromatic rings. The topological polar surface area (TPSA) is 27.3 Å². The van der Waals surface area contributed by atoms with E-state index in [4.69, 9.17) is 12.2 Å². The van der Waals surface area contributed by atoms with Crippen LogP contribution in [0.5, 0.6) is 0 Å². The highest BCUT2D eigenvalue weighted by atomic mass is 32.1. The van der Waals surface area contributed by atoms with E-state index in [9.17, 15) is 0 Å². The zero-order valence-corrected chi connectivity index (χ0v) is 14.6. The standard InChI is InChI=1S/C21H19N3S/c25-21(22-18-10-2-1-3-11-18)23-24-19-12-6-4-8-16(19)14-15-17-9-5-7-13-20(17)24/h1-13H,14-15H2,(H2,22,23,25). The predicted octanol–water partition coefficient (Wildman–Crippen LogP) is 4.82. The van der Waals surface area contributed by atoms with E-state index in [1.54, 1.807) is 0 Å². The summed E-state index contributed by atoms with van der Waals surface area (Å²) >= 11 is 5.56. The summed E-state index contributed by atoms with van der Waals surface area (Å²) in [7, 11) is 0. The molecule has 1 heterocycles. The third-order valence-corrected chi connectivity index (χ3v) is 4.57. The number of hydrazine groups is 1. The van der Waals surface area contributed by atoms with Crippen LogP contribution in [-0.4, -0.2) is 5.11 Å². The number of hydrogen-bond acceptors (Lipinski definition) is 2. The van der Waals surface area contributed by atoms with E-state index in [0.717, 1.165) is 29.9 Å². The maximum atomic E-state index is 5.56. The molecule has 25 heavy (non-hydrogen) atoms. The van der Waals surface area contributed by atoms with Crippen LogP contribution in [0.15, 0.2) is 78.9 Å². The molecule has 0 spiro atoms. The van der Waals surface area contributed by atoms with Crippen LogP contribution in [0.3, 0.4) is 0 Å². The van der Waals surface area contributed by atoms with Gasteiger partial charge in [0.25, 0.3) is 0 Å². The van der Waals surface area contributed by atoms with Gasteiger partial charge in [0.05, 0.1) is 11.4 Å².